The molecule has 0 aromatic rings. The zero-order valence-electron chi connectivity index (χ0n) is 20.1. The van der Waals surface area contributed by atoms with Crippen LogP contribution in [-0.2, 0) is 4.79 Å². The van der Waals surface area contributed by atoms with Gasteiger partial charge in [-0.15, -0.1) is 0 Å². The first-order valence-corrected chi connectivity index (χ1v) is 11.9. The number of nitrogens with zero attached hydrogens (tertiary/aromatic N) is 1. The van der Waals surface area contributed by atoms with E-state index in [1.165, 1.54) is 60.0 Å². The van der Waals surface area contributed by atoms with Crippen molar-refractivity contribution in [3.8, 4) is 0 Å². The Morgan fingerprint density at radius 3 is 2.30 bits per heavy atom. The fourth-order valence-corrected chi connectivity index (χ4v) is 5.14. The van der Waals surface area contributed by atoms with Crippen molar-refractivity contribution in [2.75, 3.05) is 26.7 Å². The summed E-state index contributed by atoms with van der Waals surface area (Å²) in [4.78, 5) is 12.3. The van der Waals surface area contributed by atoms with Crippen molar-refractivity contribution in [1.82, 2.24) is 5.32 Å². The van der Waals surface area contributed by atoms with Crippen molar-refractivity contribution >= 4 is 5.91 Å². The minimum absolute atomic E-state index is 0. The fourth-order valence-electron chi connectivity index (χ4n) is 5.14. The largest absolute Gasteiger partial charge is 1.00 e. The lowest BCUT2D eigenvalue weighted by Gasteiger charge is -2.41. The van der Waals surface area contributed by atoms with Gasteiger partial charge in [0.2, 0.25) is 5.91 Å². The van der Waals surface area contributed by atoms with Gasteiger partial charge in [0.05, 0.1) is 26.2 Å². The quantitative estimate of drug-likeness (QED) is 0.414. The van der Waals surface area contributed by atoms with Crippen LogP contribution in [0.4, 0.5) is 0 Å². The third-order valence-electron chi connectivity index (χ3n) is 7.09. The first-order valence-electron chi connectivity index (χ1n) is 11.9. The Hall–Kier alpha value is -1.06. The number of carbonyl (C=O) groups is 1. The lowest BCUT2D eigenvalue weighted by Crippen LogP contribution is -3.00. The summed E-state index contributed by atoms with van der Waals surface area (Å²) >= 11 is 0. The van der Waals surface area contributed by atoms with Gasteiger partial charge in [-0.25, -0.2) is 0 Å². The van der Waals surface area contributed by atoms with E-state index in [9.17, 15) is 4.79 Å². The number of quaternary nitrogens is 1. The van der Waals surface area contributed by atoms with Crippen molar-refractivity contribution in [2.24, 2.45) is 5.92 Å². The van der Waals surface area contributed by atoms with E-state index in [1.54, 1.807) is 0 Å². The molecule has 1 amide bonds. The number of nitrogens with one attached hydrogen (secondary N) is 1. The van der Waals surface area contributed by atoms with Gasteiger partial charge >= 0.3 is 0 Å². The number of hydrogen-bond donors (Lipinski definition) is 1. The van der Waals surface area contributed by atoms with Crippen LogP contribution in [0.1, 0.15) is 85.5 Å². The highest BCUT2D eigenvalue weighted by molar-refractivity contribution is 5.77. The predicted molar refractivity (Wildman–Crippen MR) is 125 cm³/mol. The second-order valence-electron chi connectivity index (χ2n) is 10.0. The van der Waals surface area contributed by atoms with Gasteiger partial charge in [-0.3, -0.25) is 4.79 Å². The monoisotopic (exact) mass is 436 g/mol. The maximum atomic E-state index is 12.3. The normalized spacial score (nSPS) is 26.6. The zero-order valence-corrected chi connectivity index (χ0v) is 20.9. The molecule has 0 radical (unpaired) electrons. The first-order chi connectivity index (χ1) is 13.8. The SMILES string of the molecule is CC(C)=CCC/C(C)=C/CC/C(C)=C/CC(=O)NC[C@@H]1CC[N+]2(C)CCCC[C@H]12.[Cl-]. The Morgan fingerprint density at radius 1 is 0.933 bits per heavy atom. The molecule has 1 N–H and O–H groups in total. The first kappa shape index (κ1) is 27.0. The zero-order chi connectivity index (χ0) is 21.3. The van der Waals surface area contributed by atoms with Crippen molar-refractivity contribution in [3.63, 3.8) is 0 Å². The highest BCUT2D eigenvalue weighted by atomic mass is 35.5. The van der Waals surface area contributed by atoms with Gasteiger partial charge in [0.25, 0.3) is 0 Å². The standard InChI is InChI=1S/C26H44N2O.ClH/c1-21(2)10-8-11-22(3)12-9-13-23(4)15-16-26(29)27-20-24-17-19-28(5)18-7-6-14-25(24)28;/h10,12,15,24-25H,6-9,11,13-14,16-20H2,1-5H3;1H/b22-12+,23-15+;/t24-,25+,28?;/m0./s1. The molecule has 0 aromatic heterocycles. The molecule has 2 saturated heterocycles. The third-order valence-corrected chi connectivity index (χ3v) is 7.09. The number of halogens is 1. The predicted octanol–water partition coefficient (Wildman–Crippen LogP) is 2.93. The molecular formula is C26H45ClN2O. The van der Waals surface area contributed by atoms with Crippen molar-refractivity contribution in [3.05, 3.63) is 34.9 Å². The molecule has 3 atom stereocenters. The van der Waals surface area contributed by atoms with Crippen molar-refractivity contribution in [2.45, 2.75) is 91.5 Å². The van der Waals surface area contributed by atoms with Crippen LogP contribution in [0, 0.1) is 5.92 Å². The summed E-state index contributed by atoms with van der Waals surface area (Å²) in [5, 5.41) is 3.23. The molecule has 0 aromatic carbocycles. The van der Waals surface area contributed by atoms with E-state index in [0.29, 0.717) is 12.3 Å². The molecule has 2 rings (SSSR count). The van der Waals surface area contributed by atoms with Crippen LogP contribution >= 0.6 is 0 Å². The maximum absolute atomic E-state index is 12.3. The average molecular weight is 437 g/mol. The topological polar surface area (TPSA) is 29.1 Å². The van der Waals surface area contributed by atoms with E-state index < -0.39 is 0 Å². The Bertz CT molecular complexity index is 633. The van der Waals surface area contributed by atoms with E-state index in [0.717, 1.165) is 38.3 Å². The van der Waals surface area contributed by atoms with Crippen LogP contribution in [0.25, 0.3) is 0 Å². The number of hydrogen-bond acceptors (Lipinski definition) is 1. The molecule has 2 heterocycles. The summed E-state index contributed by atoms with van der Waals surface area (Å²) in [6.45, 7) is 12.2. The number of piperidine rings is 1. The minimum atomic E-state index is 0. The second-order valence-corrected chi connectivity index (χ2v) is 10.0. The maximum Gasteiger partial charge on any atom is 0.223 e. The summed E-state index contributed by atoms with van der Waals surface area (Å²) in [6, 6.07) is 0.771. The van der Waals surface area contributed by atoms with Gasteiger partial charge in [-0.05, 0) is 66.2 Å². The van der Waals surface area contributed by atoms with Crippen molar-refractivity contribution < 1.29 is 21.7 Å². The lowest BCUT2D eigenvalue weighted by atomic mass is 9.92. The molecular weight excluding hydrogens is 392 g/mol. The number of amides is 1. The van der Waals surface area contributed by atoms with Crippen LogP contribution in [0.2, 0.25) is 0 Å². The average Bonchev–Trinajstić information content (AvgIpc) is 3.01. The third kappa shape index (κ3) is 8.98. The second kappa shape index (κ2) is 13.4. The fraction of sp³-hybridized carbons (Fsp3) is 0.731. The molecule has 172 valence electrons. The highest BCUT2D eigenvalue weighted by Crippen LogP contribution is 2.36. The number of fused-ring (bicyclic) bond motifs is 1. The van der Waals surface area contributed by atoms with E-state index in [4.69, 9.17) is 0 Å². The summed E-state index contributed by atoms with van der Waals surface area (Å²) in [5.74, 6) is 0.864. The molecule has 1 unspecified atom stereocenters. The molecule has 0 spiro atoms. The van der Waals surface area contributed by atoms with E-state index >= 15 is 0 Å². The van der Waals surface area contributed by atoms with Gasteiger partial charge in [0.15, 0.2) is 0 Å². The Balaban J connectivity index is 0.00000450. The number of rotatable bonds is 10. The summed E-state index contributed by atoms with van der Waals surface area (Å²) in [6.07, 6.45) is 17.1. The van der Waals surface area contributed by atoms with Crippen LogP contribution in [0.5, 0.6) is 0 Å². The number of allylic oxidation sites excluding steroid dienone is 5. The van der Waals surface area contributed by atoms with Gasteiger partial charge in [-0.2, -0.15) is 0 Å². The van der Waals surface area contributed by atoms with E-state index in [-0.39, 0.29) is 18.3 Å². The molecule has 0 saturated carbocycles. The molecule has 3 nitrogen and oxygen atoms in total. The van der Waals surface area contributed by atoms with Gasteiger partial charge in [0.1, 0.15) is 0 Å². The Kier molecular flexibility index (Phi) is 12.0. The van der Waals surface area contributed by atoms with Gasteiger partial charge in [-0.1, -0.05) is 34.9 Å². The van der Waals surface area contributed by atoms with Gasteiger partial charge < -0.3 is 22.2 Å². The Morgan fingerprint density at radius 2 is 1.60 bits per heavy atom. The molecule has 30 heavy (non-hydrogen) atoms. The molecule has 4 heteroatoms. The molecule has 0 bridgehead atoms. The summed E-state index contributed by atoms with van der Waals surface area (Å²) < 4.78 is 1.25. The van der Waals surface area contributed by atoms with Crippen LogP contribution in [0.15, 0.2) is 34.9 Å². The molecule has 2 aliphatic rings. The highest BCUT2D eigenvalue weighted by Gasteiger charge is 2.46. The van der Waals surface area contributed by atoms with Gasteiger partial charge in [0, 0.05) is 31.7 Å². The molecule has 0 aliphatic carbocycles. The smallest absolute Gasteiger partial charge is 0.223 e. The molecule has 2 aliphatic heterocycles. The van der Waals surface area contributed by atoms with E-state index in [2.05, 4.69) is 58.3 Å². The van der Waals surface area contributed by atoms with Crippen LogP contribution in [0.3, 0.4) is 0 Å². The molecule has 2 fully saturated rings. The summed E-state index contributed by atoms with van der Waals surface area (Å²) in [7, 11) is 2.43. The van der Waals surface area contributed by atoms with Crippen LogP contribution in [-0.4, -0.2) is 43.1 Å². The Labute approximate surface area is 192 Å². The van der Waals surface area contributed by atoms with E-state index in [1.807, 2.05) is 0 Å². The lowest BCUT2D eigenvalue weighted by molar-refractivity contribution is -0.927. The van der Waals surface area contributed by atoms with Crippen LogP contribution < -0.4 is 17.7 Å². The number of carbonyl (C=O) groups excluding carboxylic acids is 1. The van der Waals surface area contributed by atoms with Crippen molar-refractivity contribution in [1.29, 1.82) is 0 Å². The summed E-state index contributed by atoms with van der Waals surface area (Å²) in [5.41, 5.74) is 4.19. The minimum Gasteiger partial charge on any atom is -1.00 e.